The van der Waals surface area contributed by atoms with E-state index in [4.69, 9.17) is 27.9 Å². The zero-order valence-corrected chi connectivity index (χ0v) is 12.1. The molecule has 5 heteroatoms. The summed E-state index contributed by atoms with van der Waals surface area (Å²) in [4.78, 5) is 10.9. The monoisotopic (exact) mass is 344 g/mol. The van der Waals surface area contributed by atoms with Gasteiger partial charge in [0.05, 0.1) is 10.6 Å². The molecule has 0 saturated carbocycles. The number of halogens is 3. The van der Waals surface area contributed by atoms with Gasteiger partial charge in [0.1, 0.15) is 11.5 Å². The van der Waals surface area contributed by atoms with Gasteiger partial charge in [-0.25, -0.2) is 0 Å². The summed E-state index contributed by atoms with van der Waals surface area (Å²) in [7, 11) is 0. The summed E-state index contributed by atoms with van der Waals surface area (Å²) in [5.74, 6) is 0.828. The highest BCUT2D eigenvalue weighted by molar-refractivity contribution is 9.10. The van der Waals surface area contributed by atoms with Crippen LogP contribution in [0.2, 0.25) is 10.0 Å². The van der Waals surface area contributed by atoms with Crippen LogP contribution in [-0.4, -0.2) is 6.29 Å². The third-order valence-electron chi connectivity index (χ3n) is 2.22. The number of carbonyl (C=O) groups excluding carboxylic acids is 1. The first-order valence-corrected chi connectivity index (χ1v) is 6.52. The number of benzene rings is 2. The number of ether oxygens (including phenoxy) is 1. The van der Waals surface area contributed by atoms with Gasteiger partial charge in [0, 0.05) is 15.6 Å². The molecular formula is C13H7BrCl2O2. The Morgan fingerprint density at radius 3 is 2.56 bits per heavy atom. The molecule has 0 N–H and O–H groups in total. The van der Waals surface area contributed by atoms with E-state index in [-0.39, 0.29) is 0 Å². The molecule has 0 bridgehead atoms. The smallest absolute Gasteiger partial charge is 0.153 e. The van der Waals surface area contributed by atoms with Crippen LogP contribution in [0.3, 0.4) is 0 Å². The van der Waals surface area contributed by atoms with Crippen LogP contribution in [-0.2, 0) is 0 Å². The van der Waals surface area contributed by atoms with Crippen molar-refractivity contribution in [3.8, 4) is 11.5 Å². The van der Waals surface area contributed by atoms with Crippen molar-refractivity contribution in [2.24, 2.45) is 0 Å². The molecule has 0 aliphatic rings. The highest BCUT2D eigenvalue weighted by Gasteiger charge is 2.08. The van der Waals surface area contributed by atoms with Crippen molar-refractivity contribution in [2.75, 3.05) is 0 Å². The Morgan fingerprint density at radius 2 is 1.83 bits per heavy atom. The first kappa shape index (κ1) is 13.4. The third-order valence-corrected chi connectivity index (χ3v) is 3.26. The van der Waals surface area contributed by atoms with Crippen molar-refractivity contribution in [1.82, 2.24) is 0 Å². The Kier molecular flexibility index (Phi) is 4.27. The van der Waals surface area contributed by atoms with E-state index in [9.17, 15) is 4.79 Å². The second kappa shape index (κ2) is 5.74. The minimum Gasteiger partial charge on any atom is -0.455 e. The fourth-order valence-electron chi connectivity index (χ4n) is 1.37. The molecule has 0 unspecified atom stereocenters. The molecule has 0 aliphatic carbocycles. The first-order chi connectivity index (χ1) is 8.60. The topological polar surface area (TPSA) is 26.3 Å². The van der Waals surface area contributed by atoms with Crippen molar-refractivity contribution in [1.29, 1.82) is 0 Å². The van der Waals surface area contributed by atoms with E-state index < -0.39 is 0 Å². The molecule has 0 radical (unpaired) electrons. The average molecular weight is 346 g/mol. The molecule has 2 rings (SSSR count). The van der Waals surface area contributed by atoms with Crippen molar-refractivity contribution >= 4 is 45.4 Å². The SMILES string of the molecule is O=Cc1ccc(Br)cc1Oc1cc(Cl)ccc1Cl. The fraction of sp³-hybridized carbons (Fsp3) is 0. The Hall–Kier alpha value is -1.03. The molecule has 2 aromatic carbocycles. The van der Waals surface area contributed by atoms with E-state index in [0.29, 0.717) is 27.1 Å². The minimum absolute atomic E-state index is 0.408. The zero-order valence-electron chi connectivity index (χ0n) is 8.99. The number of carbonyl (C=O) groups is 1. The molecule has 0 heterocycles. The predicted octanol–water partition coefficient (Wildman–Crippen LogP) is 5.36. The molecule has 0 amide bonds. The lowest BCUT2D eigenvalue weighted by molar-refractivity contribution is 0.112. The lowest BCUT2D eigenvalue weighted by Crippen LogP contribution is -1.91. The van der Waals surface area contributed by atoms with Gasteiger partial charge in [0.25, 0.3) is 0 Å². The van der Waals surface area contributed by atoms with E-state index in [1.807, 2.05) is 0 Å². The maximum atomic E-state index is 10.9. The van der Waals surface area contributed by atoms with Gasteiger partial charge in [-0.05, 0) is 30.3 Å². The molecule has 0 saturated heterocycles. The first-order valence-electron chi connectivity index (χ1n) is 4.98. The van der Waals surface area contributed by atoms with Crippen LogP contribution in [0.4, 0.5) is 0 Å². The lowest BCUT2D eigenvalue weighted by atomic mass is 10.2. The molecule has 0 aliphatic heterocycles. The molecule has 2 aromatic rings. The quantitative estimate of drug-likeness (QED) is 0.700. The van der Waals surface area contributed by atoms with Crippen LogP contribution in [0, 0.1) is 0 Å². The van der Waals surface area contributed by atoms with Crippen LogP contribution >= 0.6 is 39.1 Å². The maximum Gasteiger partial charge on any atom is 0.153 e. The molecule has 0 aromatic heterocycles. The summed E-state index contributed by atoms with van der Waals surface area (Å²) in [5, 5.41) is 0.938. The molecule has 2 nitrogen and oxygen atoms in total. The van der Waals surface area contributed by atoms with Gasteiger partial charge in [-0.1, -0.05) is 39.1 Å². The number of hydrogen-bond acceptors (Lipinski definition) is 2. The van der Waals surface area contributed by atoms with Crippen LogP contribution in [0.15, 0.2) is 40.9 Å². The second-order valence-corrected chi connectivity index (χ2v) is 5.24. The lowest BCUT2D eigenvalue weighted by Gasteiger charge is -2.10. The van der Waals surface area contributed by atoms with Crippen molar-refractivity contribution in [3.05, 3.63) is 56.5 Å². The standard InChI is InChI=1S/C13H7BrCl2O2/c14-9-2-1-8(7-17)12(5-9)18-13-6-10(15)3-4-11(13)16/h1-7H. The van der Waals surface area contributed by atoms with Gasteiger partial charge in [-0.15, -0.1) is 0 Å². The van der Waals surface area contributed by atoms with Crippen molar-refractivity contribution in [2.45, 2.75) is 0 Å². The maximum absolute atomic E-state index is 10.9. The normalized spacial score (nSPS) is 10.2. The van der Waals surface area contributed by atoms with Gasteiger partial charge in [-0.3, -0.25) is 4.79 Å². The van der Waals surface area contributed by atoms with Gasteiger partial charge >= 0.3 is 0 Å². The summed E-state index contributed by atoms with van der Waals surface area (Å²) < 4.78 is 6.42. The van der Waals surface area contributed by atoms with Crippen molar-refractivity contribution in [3.63, 3.8) is 0 Å². The van der Waals surface area contributed by atoms with E-state index in [2.05, 4.69) is 15.9 Å². The average Bonchev–Trinajstić information content (AvgIpc) is 2.34. The third kappa shape index (κ3) is 3.05. The zero-order chi connectivity index (χ0) is 13.1. The summed E-state index contributed by atoms with van der Waals surface area (Å²) in [6.45, 7) is 0. The van der Waals surface area contributed by atoms with E-state index >= 15 is 0 Å². The number of rotatable bonds is 3. The highest BCUT2D eigenvalue weighted by atomic mass is 79.9. The fourth-order valence-corrected chi connectivity index (χ4v) is 2.03. The van der Waals surface area contributed by atoms with Crippen molar-refractivity contribution < 1.29 is 9.53 Å². The second-order valence-electron chi connectivity index (χ2n) is 3.48. The molecule has 0 fully saturated rings. The van der Waals surface area contributed by atoms with E-state index in [1.165, 1.54) is 0 Å². The van der Waals surface area contributed by atoms with E-state index in [1.54, 1.807) is 36.4 Å². The van der Waals surface area contributed by atoms with Crippen LogP contribution in [0.1, 0.15) is 10.4 Å². The Bertz CT molecular complexity index is 600. The van der Waals surface area contributed by atoms with E-state index in [0.717, 1.165) is 10.8 Å². The predicted molar refractivity (Wildman–Crippen MR) is 76.1 cm³/mol. The molecule has 0 atom stereocenters. The Morgan fingerprint density at radius 1 is 1.06 bits per heavy atom. The van der Waals surface area contributed by atoms with Gasteiger partial charge in [0.2, 0.25) is 0 Å². The van der Waals surface area contributed by atoms with Gasteiger partial charge < -0.3 is 4.74 Å². The Labute approximate surface area is 123 Å². The molecule has 18 heavy (non-hydrogen) atoms. The van der Waals surface area contributed by atoms with Crippen LogP contribution in [0.25, 0.3) is 0 Å². The molecule has 92 valence electrons. The summed E-state index contributed by atoms with van der Waals surface area (Å²) in [6.07, 6.45) is 0.722. The summed E-state index contributed by atoms with van der Waals surface area (Å²) in [6, 6.07) is 10.0. The molecule has 0 spiro atoms. The largest absolute Gasteiger partial charge is 0.455 e. The summed E-state index contributed by atoms with van der Waals surface area (Å²) >= 11 is 15.2. The van der Waals surface area contributed by atoms with Gasteiger partial charge in [0.15, 0.2) is 6.29 Å². The Balaban J connectivity index is 2.41. The van der Waals surface area contributed by atoms with Crippen LogP contribution < -0.4 is 4.74 Å². The minimum atomic E-state index is 0.408. The number of hydrogen-bond donors (Lipinski definition) is 0. The number of aldehydes is 1. The summed E-state index contributed by atoms with van der Waals surface area (Å²) in [5.41, 5.74) is 0.439. The molecular weight excluding hydrogens is 339 g/mol. The van der Waals surface area contributed by atoms with Gasteiger partial charge in [-0.2, -0.15) is 0 Å². The van der Waals surface area contributed by atoms with Crippen LogP contribution in [0.5, 0.6) is 11.5 Å². The highest BCUT2D eigenvalue weighted by Crippen LogP contribution is 2.34.